The van der Waals surface area contributed by atoms with Crippen molar-refractivity contribution >= 4 is 44.7 Å². The Morgan fingerprint density at radius 2 is 1.93 bits per heavy atom. The van der Waals surface area contributed by atoms with Crippen LogP contribution >= 0.6 is 22.9 Å². The van der Waals surface area contributed by atoms with Gasteiger partial charge in [-0.15, -0.1) is 11.3 Å². The summed E-state index contributed by atoms with van der Waals surface area (Å²) in [5.74, 6) is -0.915. The van der Waals surface area contributed by atoms with E-state index in [-0.39, 0.29) is 12.2 Å². The molecule has 2 aromatic carbocycles. The second kappa shape index (κ2) is 7.89. The molecule has 0 spiro atoms. The SMILES string of the molecule is Cc1cc(-n2c(=O)c3sccc3n(CC(=O)Nc3ccccc3Cl)c2=O)ccc1F. The van der Waals surface area contributed by atoms with Crippen LogP contribution < -0.4 is 16.6 Å². The molecular weight excluding hydrogens is 429 g/mol. The summed E-state index contributed by atoms with van der Waals surface area (Å²) in [6, 6.07) is 12.3. The number of hydrogen-bond acceptors (Lipinski definition) is 4. The fraction of sp³-hybridized carbons (Fsp3) is 0.0952. The number of carbonyl (C=O) groups is 1. The van der Waals surface area contributed by atoms with Crippen molar-refractivity contribution in [2.24, 2.45) is 0 Å². The summed E-state index contributed by atoms with van der Waals surface area (Å²) >= 11 is 7.24. The molecule has 2 aromatic heterocycles. The fourth-order valence-electron chi connectivity index (χ4n) is 3.13. The number of anilines is 1. The van der Waals surface area contributed by atoms with Gasteiger partial charge < -0.3 is 5.32 Å². The molecule has 0 fully saturated rings. The number of amides is 1. The molecule has 0 aliphatic carbocycles. The van der Waals surface area contributed by atoms with Crippen LogP contribution in [0.2, 0.25) is 5.02 Å². The van der Waals surface area contributed by atoms with Crippen LogP contribution in [-0.4, -0.2) is 15.0 Å². The van der Waals surface area contributed by atoms with Gasteiger partial charge in [-0.2, -0.15) is 0 Å². The van der Waals surface area contributed by atoms with E-state index in [9.17, 15) is 18.8 Å². The second-order valence-corrected chi connectivity index (χ2v) is 7.93. The Morgan fingerprint density at radius 3 is 2.67 bits per heavy atom. The van der Waals surface area contributed by atoms with Gasteiger partial charge in [-0.05, 0) is 54.3 Å². The third-order valence-corrected chi connectivity index (χ3v) is 5.83. The van der Waals surface area contributed by atoms with Crippen LogP contribution in [-0.2, 0) is 11.3 Å². The molecule has 6 nitrogen and oxygen atoms in total. The van der Waals surface area contributed by atoms with E-state index in [1.54, 1.807) is 42.6 Å². The summed E-state index contributed by atoms with van der Waals surface area (Å²) in [5.41, 5.74) is 0.109. The molecule has 0 saturated heterocycles. The first-order valence-corrected chi connectivity index (χ1v) is 10.2. The molecule has 4 rings (SSSR count). The number of halogens is 2. The molecule has 30 heavy (non-hydrogen) atoms. The quantitative estimate of drug-likeness (QED) is 0.519. The normalized spacial score (nSPS) is 11.0. The maximum absolute atomic E-state index is 13.7. The molecule has 1 N–H and O–H groups in total. The highest BCUT2D eigenvalue weighted by Gasteiger charge is 2.18. The lowest BCUT2D eigenvalue weighted by atomic mass is 10.2. The molecular formula is C21H15ClFN3O3S. The summed E-state index contributed by atoms with van der Waals surface area (Å²) in [4.78, 5) is 38.7. The predicted molar refractivity (Wildman–Crippen MR) is 116 cm³/mol. The van der Waals surface area contributed by atoms with Crippen LogP contribution in [0.1, 0.15) is 5.56 Å². The predicted octanol–water partition coefficient (Wildman–Crippen LogP) is 3.95. The number of para-hydroxylation sites is 1. The zero-order valence-electron chi connectivity index (χ0n) is 15.7. The van der Waals surface area contributed by atoms with Gasteiger partial charge in [0, 0.05) is 0 Å². The lowest BCUT2D eigenvalue weighted by Crippen LogP contribution is -2.40. The van der Waals surface area contributed by atoms with Crippen molar-refractivity contribution in [1.82, 2.24) is 9.13 Å². The van der Waals surface area contributed by atoms with Crippen LogP contribution in [0.25, 0.3) is 15.9 Å². The van der Waals surface area contributed by atoms with E-state index in [1.165, 1.54) is 34.1 Å². The largest absolute Gasteiger partial charge is 0.336 e. The van der Waals surface area contributed by atoms with Gasteiger partial charge >= 0.3 is 5.69 Å². The fourth-order valence-corrected chi connectivity index (χ4v) is 4.14. The van der Waals surface area contributed by atoms with Gasteiger partial charge in [-0.1, -0.05) is 23.7 Å². The van der Waals surface area contributed by atoms with E-state index >= 15 is 0 Å². The Morgan fingerprint density at radius 1 is 1.17 bits per heavy atom. The zero-order chi connectivity index (χ0) is 21.4. The van der Waals surface area contributed by atoms with Crippen LogP contribution in [0, 0.1) is 12.7 Å². The number of rotatable bonds is 4. The van der Waals surface area contributed by atoms with Crippen LogP contribution in [0.3, 0.4) is 0 Å². The standard InChI is InChI=1S/C21H15ClFN3O3S/c1-12-10-13(6-7-15(12)23)26-20(28)19-17(8-9-30-19)25(21(26)29)11-18(27)24-16-5-3-2-4-14(16)22/h2-10H,11H2,1H3,(H,24,27). The Kier molecular flexibility index (Phi) is 5.27. The number of fused-ring (bicyclic) bond motifs is 1. The van der Waals surface area contributed by atoms with Crippen LogP contribution in [0.15, 0.2) is 63.5 Å². The maximum atomic E-state index is 13.7. The molecule has 0 aliphatic rings. The Labute approximate surface area is 178 Å². The topological polar surface area (TPSA) is 73.1 Å². The summed E-state index contributed by atoms with van der Waals surface area (Å²) in [7, 11) is 0. The smallest absolute Gasteiger partial charge is 0.323 e. The molecule has 1 amide bonds. The van der Waals surface area contributed by atoms with Gasteiger partial charge in [-0.25, -0.2) is 13.8 Å². The number of aryl methyl sites for hydroxylation is 1. The summed E-state index contributed by atoms with van der Waals surface area (Å²) in [6.45, 7) is 1.22. The second-order valence-electron chi connectivity index (χ2n) is 6.61. The monoisotopic (exact) mass is 443 g/mol. The number of nitrogens with one attached hydrogen (secondary N) is 1. The molecule has 9 heteroatoms. The van der Waals surface area contributed by atoms with Gasteiger partial charge in [0.25, 0.3) is 5.56 Å². The highest BCUT2D eigenvalue weighted by atomic mass is 35.5. The minimum absolute atomic E-state index is 0.236. The maximum Gasteiger partial charge on any atom is 0.336 e. The lowest BCUT2D eigenvalue weighted by molar-refractivity contribution is -0.116. The van der Waals surface area contributed by atoms with Crippen molar-refractivity contribution in [3.8, 4) is 5.69 Å². The third-order valence-electron chi connectivity index (χ3n) is 4.60. The number of aromatic nitrogens is 2. The number of nitrogens with zero attached hydrogens (tertiary/aromatic N) is 2. The van der Waals surface area contributed by atoms with Crippen molar-refractivity contribution < 1.29 is 9.18 Å². The summed E-state index contributed by atoms with van der Waals surface area (Å²) in [6.07, 6.45) is 0. The number of thiophene rings is 1. The number of carbonyl (C=O) groups excluding carboxylic acids is 1. The average Bonchev–Trinajstić information content (AvgIpc) is 3.20. The highest BCUT2D eigenvalue weighted by Crippen LogP contribution is 2.21. The third kappa shape index (κ3) is 3.55. The van der Waals surface area contributed by atoms with Crippen molar-refractivity contribution in [1.29, 1.82) is 0 Å². The molecule has 152 valence electrons. The van der Waals surface area contributed by atoms with Crippen molar-refractivity contribution in [2.45, 2.75) is 13.5 Å². The molecule has 0 bridgehead atoms. The van der Waals surface area contributed by atoms with Gasteiger partial charge in [0.1, 0.15) is 17.1 Å². The summed E-state index contributed by atoms with van der Waals surface area (Å²) in [5, 5.41) is 4.71. The van der Waals surface area contributed by atoms with E-state index in [2.05, 4.69) is 5.32 Å². The Balaban J connectivity index is 1.82. The number of benzene rings is 2. The van der Waals surface area contributed by atoms with Gasteiger partial charge in [0.15, 0.2) is 0 Å². The van der Waals surface area contributed by atoms with E-state index in [0.717, 1.165) is 4.57 Å². The van der Waals surface area contributed by atoms with Crippen LogP contribution in [0.5, 0.6) is 0 Å². The van der Waals surface area contributed by atoms with Gasteiger partial charge in [-0.3, -0.25) is 14.2 Å². The van der Waals surface area contributed by atoms with E-state index in [1.807, 2.05) is 0 Å². The van der Waals surface area contributed by atoms with Gasteiger partial charge in [0.2, 0.25) is 5.91 Å². The molecule has 0 aliphatic heterocycles. The first kappa shape index (κ1) is 20.1. The first-order valence-electron chi connectivity index (χ1n) is 8.91. The Hall–Kier alpha value is -3.23. The van der Waals surface area contributed by atoms with E-state index in [0.29, 0.717) is 26.5 Å². The number of hydrogen-bond donors (Lipinski definition) is 1. The zero-order valence-corrected chi connectivity index (χ0v) is 17.3. The Bertz CT molecular complexity index is 1410. The molecule has 4 aromatic rings. The molecule has 0 saturated carbocycles. The highest BCUT2D eigenvalue weighted by molar-refractivity contribution is 7.17. The van der Waals surface area contributed by atoms with Crippen molar-refractivity contribution in [2.75, 3.05) is 5.32 Å². The van der Waals surface area contributed by atoms with Crippen LogP contribution in [0.4, 0.5) is 10.1 Å². The van der Waals surface area contributed by atoms with Crippen molar-refractivity contribution in [3.63, 3.8) is 0 Å². The molecule has 0 radical (unpaired) electrons. The van der Waals surface area contributed by atoms with Gasteiger partial charge in [0.05, 0.1) is 21.9 Å². The molecule has 0 atom stereocenters. The average molecular weight is 444 g/mol. The summed E-state index contributed by atoms with van der Waals surface area (Å²) < 4.78 is 16.2. The van der Waals surface area contributed by atoms with E-state index in [4.69, 9.17) is 11.6 Å². The molecule has 0 unspecified atom stereocenters. The first-order chi connectivity index (χ1) is 14.4. The lowest BCUT2D eigenvalue weighted by Gasteiger charge is -2.13. The minimum Gasteiger partial charge on any atom is -0.323 e. The molecule has 2 heterocycles. The van der Waals surface area contributed by atoms with E-state index < -0.39 is 23.0 Å². The van der Waals surface area contributed by atoms with Crippen molar-refractivity contribution in [3.05, 3.63) is 91.2 Å². The minimum atomic E-state index is -0.689.